The highest BCUT2D eigenvalue weighted by atomic mass is 16.5. The van der Waals surface area contributed by atoms with Gasteiger partial charge in [-0.05, 0) is 30.5 Å². The van der Waals surface area contributed by atoms with E-state index in [2.05, 4.69) is 10.3 Å². The molecule has 1 aromatic heterocycles. The van der Waals surface area contributed by atoms with E-state index in [0.29, 0.717) is 13.0 Å². The Balaban J connectivity index is 2.23. The van der Waals surface area contributed by atoms with Crippen LogP contribution in [-0.2, 0) is 20.9 Å². The first-order chi connectivity index (χ1) is 15.0. The molecule has 6 N–H and O–H groups in total. The summed E-state index contributed by atoms with van der Waals surface area (Å²) in [5.41, 5.74) is 11.6. The summed E-state index contributed by atoms with van der Waals surface area (Å²) in [5, 5.41) is 9.79. The van der Waals surface area contributed by atoms with Gasteiger partial charge in [0, 0.05) is 12.7 Å². The minimum absolute atomic E-state index is 0.0242. The molecule has 1 aromatic carbocycles. The highest BCUT2D eigenvalue weighted by Gasteiger charge is 2.30. The Bertz CT molecular complexity index is 906. The highest BCUT2D eigenvalue weighted by Crippen LogP contribution is 2.22. The van der Waals surface area contributed by atoms with Gasteiger partial charge < -0.3 is 21.5 Å². The number of hydrogen-bond acceptors (Lipinski definition) is 7. The number of pyridine rings is 1. The number of esters is 1. The SMILES string of the molecule is N=C(N)NCCC[C@@H]([C]=O)N(C(=O)CN)c1ncccc1C(=O)OCc1ccccc1. The molecule has 1 atom stereocenters. The zero-order chi connectivity index (χ0) is 22.6. The zero-order valence-electron chi connectivity index (χ0n) is 16.9. The van der Waals surface area contributed by atoms with Crippen LogP contribution in [0.3, 0.4) is 0 Å². The standard InChI is InChI=1S/C21H25N6O4/c22-12-18(29)27(16(13-28)8-4-11-26-21(23)24)19-17(9-5-10-25-19)20(30)31-14-15-6-2-1-3-7-15/h1-3,5-7,9-10,16H,4,8,11-12,14,22H2,(H4,23,24,26)/t16-/m0/s1. The number of rotatable bonds is 11. The topological polar surface area (TPSA) is 164 Å². The molecule has 0 spiro atoms. The van der Waals surface area contributed by atoms with Crippen LogP contribution < -0.4 is 21.7 Å². The van der Waals surface area contributed by atoms with E-state index in [1.165, 1.54) is 18.3 Å². The average Bonchev–Trinajstić information content (AvgIpc) is 2.79. The molecule has 0 aliphatic heterocycles. The van der Waals surface area contributed by atoms with Crippen molar-refractivity contribution < 1.29 is 19.1 Å². The van der Waals surface area contributed by atoms with E-state index in [1.807, 2.05) is 36.6 Å². The molecule has 0 unspecified atom stereocenters. The van der Waals surface area contributed by atoms with Crippen molar-refractivity contribution >= 4 is 29.9 Å². The molecular weight excluding hydrogens is 400 g/mol. The molecule has 1 amide bonds. The third-order valence-corrected chi connectivity index (χ3v) is 4.31. The maximum atomic E-state index is 12.7. The van der Waals surface area contributed by atoms with E-state index in [4.69, 9.17) is 21.6 Å². The molecule has 0 aliphatic rings. The monoisotopic (exact) mass is 425 g/mol. The van der Waals surface area contributed by atoms with E-state index in [-0.39, 0.29) is 36.9 Å². The van der Waals surface area contributed by atoms with Gasteiger partial charge in [0.2, 0.25) is 12.2 Å². The Labute approximate surface area is 180 Å². The van der Waals surface area contributed by atoms with Crippen molar-refractivity contribution in [3.05, 3.63) is 59.8 Å². The fourth-order valence-corrected chi connectivity index (χ4v) is 2.85. The van der Waals surface area contributed by atoms with Crippen molar-refractivity contribution in [3.8, 4) is 0 Å². The summed E-state index contributed by atoms with van der Waals surface area (Å²) in [4.78, 5) is 42.2. The summed E-state index contributed by atoms with van der Waals surface area (Å²) < 4.78 is 5.36. The summed E-state index contributed by atoms with van der Waals surface area (Å²) in [6.45, 7) is -0.0237. The molecule has 0 aliphatic carbocycles. The van der Waals surface area contributed by atoms with E-state index in [0.717, 1.165) is 10.5 Å². The molecule has 0 saturated heterocycles. The van der Waals surface area contributed by atoms with Gasteiger partial charge in [0.05, 0.1) is 6.54 Å². The van der Waals surface area contributed by atoms with Gasteiger partial charge >= 0.3 is 5.97 Å². The molecule has 0 saturated carbocycles. The minimum atomic E-state index is -1.03. The third kappa shape index (κ3) is 6.89. The summed E-state index contributed by atoms with van der Waals surface area (Å²) >= 11 is 0. The summed E-state index contributed by atoms with van der Waals surface area (Å²) in [5.74, 6) is -1.51. The molecule has 163 valence electrons. The second kappa shape index (κ2) is 12.0. The Morgan fingerprint density at radius 2 is 1.97 bits per heavy atom. The summed E-state index contributed by atoms with van der Waals surface area (Å²) in [7, 11) is 0. The van der Waals surface area contributed by atoms with Crippen molar-refractivity contribution in [1.82, 2.24) is 10.3 Å². The lowest BCUT2D eigenvalue weighted by Crippen LogP contribution is -2.46. The van der Waals surface area contributed by atoms with Crippen LogP contribution in [0, 0.1) is 5.41 Å². The van der Waals surface area contributed by atoms with E-state index in [9.17, 15) is 14.4 Å². The number of ether oxygens (including phenoxy) is 1. The molecular formula is C21H25N6O4. The number of carbonyl (C=O) groups excluding carboxylic acids is 3. The van der Waals surface area contributed by atoms with E-state index >= 15 is 0 Å². The van der Waals surface area contributed by atoms with Gasteiger partial charge in [-0.1, -0.05) is 30.3 Å². The maximum absolute atomic E-state index is 12.7. The molecule has 0 fully saturated rings. The van der Waals surface area contributed by atoms with Crippen LogP contribution in [0.1, 0.15) is 28.8 Å². The molecule has 10 heteroatoms. The largest absolute Gasteiger partial charge is 0.457 e. The predicted octanol–water partition coefficient (Wildman–Crippen LogP) is 0.472. The molecule has 2 aromatic rings. The van der Waals surface area contributed by atoms with Gasteiger partial charge in [-0.25, -0.2) is 9.78 Å². The molecule has 0 bridgehead atoms. The second-order valence-electron chi connectivity index (χ2n) is 6.52. The maximum Gasteiger partial charge on any atom is 0.342 e. The lowest BCUT2D eigenvalue weighted by atomic mass is 10.1. The third-order valence-electron chi connectivity index (χ3n) is 4.31. The van der Waals surface area contributed by atoms with Crippen LogP contribution in [0.4, 0.5) is 5.82 Å². The zero-order valence-corrected chi connectivity index (χ0v) is 16.9. The lowest BCUT2D eigenvalue weighted by Gasteiger charge is -2.28. The number of guanidine groups is 1. The van der Waals surface area contributed by atoms with Gasteiger partial charge in [-0.15, -0.1) is 0 Å². The van der Waals surface area contributed by atoms with E-state index in [1.54, 1.807) is 0 Å². The summed E-state index contributed by atoms with van der Waals surface area (Å²) in [6, 6.07) is 11.1. The highest BCUT2D eigenvalue weighted by molar-refractivity contribution is 6.04. The smallest absolute Gasteiger partial charge is 0.342 e. The number of nitrogens with one attached hydrogen (secondary N) is 2. The molecule has 1 radical (unpaired) electrons. The number of anilines is 1. The van der Waals surface area contributed by atoms with Crippen molar-refractivity contribution in [2.75, 3.05) is 18.0 Å². The number of carbonyl (C=O) groups is 2. The first-order valence-electron chi connectivity index (χ1n) is 9.61. The van der Waals surface area contributed by atoms with Crippen LogP contribution in [0.25, 0.3) is 0 Å². The first-order valence-corrected chi connectivity index (χ1v) is 9.61. The van der Waals surface area contributed by atoms with Crippen LogP contribution >= 0.6 is 0 Å². The number of nitrogens with two attached hydrogens (primary N) is 2. The number of amides is 1. The van der Waals surface area contributed by atoms with E-state index < -0.39 is 17.9 Å². The number of aromatic nitrogens is 1. The normalized spacial score (nSPS) is 11.3. The van der Waals surface area contributed by atoms with Gasteiger partial charge in [0.15, 0.2) is 11.8 Å². The molecule has 10 nitrogen and oxygen atoms in total. The number of benzene rings is 1. The van der Waals surface area contributed by atoms with Crippen molar-refractivity contribution in [3.63, 3.8) is 0 Å². The fraction of sp³-hybridized carbons (Fsp3) is 0.286. The van der Waals surface area contributed by atoms with Crippen LogP contribution in [0.15, 0.2) is 48.7 Å². The Morgan fingerprint density at radius 1 is 1.23 bits per heavy atom. The second-order valence-corrected chi connectivity index (χ2v) is 6.52. The summed E-state index contributed by atoms with van der Waals surface area (Å²) in [6.07, 6.45) is 3.83. The van der Waals surface area contributed by atoms with Gasteiger partial charge in [-0.2, -0.15) is 0 Å². The van der Waals surface area contributed by atoms with Crippen LogP contribution in [0.2, 0.25) is 0 Å². The Kier molecular flexibility index (Phi) is 9.12. The van der Waals surface area contributed by atoms with Crippen LogP contribution in [0.5, 0.6) is 0 Å². The number of hydrogen-bond donors (Lipinski definition) is 4. The number of nitrogens with zero attached hydrogens (tertiary/aromatic N) is 2. The van der Waals surface area contributed by atoms with Gasteiger partial charge in [0.25, 0.3) is 0 Å². The Morgan fingerprint density at radius 3 is 2.61 bits per heavy atom. The van der Waals surface area contributed by atoms with Crippen LogP contribution in [-0.4, -0.2) is 48.2 Å². The average molecular weight is 425 g/mol. The predicted molar refractivity (Wildman–Crippen MR) is 115 cm³/mol. The molecule has 1 heterocycles. The lowest BCUT2D eigenvalue weighted by molar-refractivity contribution is -0.117. The Hall–Kier alpha value is -3.79. The first kappa shape index (κ1) is 23.5. The molecule has 31 heavy (non-hydrogen) atoms. The van der Waals surface area contributed by atoms with Crippen molar-refractivity contribution in [1.29, 1.82) is 5.41 Å². The van der Waals surface area contributed by atoms with Gasteiger partial charge in [-0.3, -0.25) is 19.9 Å². The minimum Gasteiger partial charge on any atom is -0.457 e. The molecule has 2 rings (SSSR count). The van der Waals surface area contributed by atoms with Gasteiger partial charge in [0.1, 0.15) is 18.2 Å². The quantitative estimate of drug-likeness (QED) is 0.175. The van der Waals surface area contributed by atoms with Crippen molar-refractivity contribution in [2.45, 2.75) is 25.5 Å². The van der Waals surface area contributed by atoms with Crippen molar-refractivity contribution in [2.24, 2.45) is 11.5 Å². The fourth-order valence-electron chi connectivity index (χ4n) is 2.85.